The first-order valence-electron chi connectivity index (χ1n) is 9.68. The lowest BCUT2D eigenvalue weighted by Crippen LogP contribution is -2.38. The monoisotopic (exact) mass is 386 g/mol. The molecule has 1 aliphatic rings. The lowest BCUT2D eigenvalue weighted by molar-refractivity contribution is 0.119. The van der Waals surface area contributed by atoms with Crippen LogP contribution in [0, 0.1) is 0 Å². The number of ether oxygens (including phenoxy) is 1. The number of rotatable bonds is 7. The van der Waals surface area contributed by atoms with Crippen LogP contribution in [-0.2, 0) is 30.7 Å². The summed E-state index contributed by atoms with van der Waals surface area (Å²) in [5, 5.41) is 6.51. The summed E-state index contributed by atoms with van der Waals surface area (Å²) in [6, 6.07) is 6.82. The predicted molar refractivity (Wildman–Crippen MR) is 112 cm³/mol. The van der Waals surface area contributed by atoms with Gasteiger partial charge in [0.1, 0.15) is 11.1 Å². The molecule has 0 fully saturated rings. The first kappa shape index (κ1) is 19.8. The van der Waals surface area contributed by atoms with Crippen molar-refractivity contribution in [2.45, 2.75) is 52.3 Å². The fourth-order valence-electron chi connectivity index (χ4n) is 3.36. The fraction of sp³-hybridized carbons (Fsp3) is 0.524. The van der Waals surface area contributed by atoms with Gasteiger partial charge in [-0.1, -0.05) is 18.2 Å². The molecule has 0 spiro atoms. The van der Waals surface area contributed by atoms with Gasteiger partial charge in [-0.15, -0.1) is 11.3 Å². The van der Waals surface area contributed by atoms with Crippen molar-refractivity contribution >= 4 is 17.3 Å². The highest BCUT2D eigenvalue weighted by Crippen LogP contribution is 2.23. The van der Waals surface area contributed by atoms with E-state index in [2.05, 4.69) is 47.8 Å². The predicted octanol–water partition coefficient (Wildman–Crippen LogP) is 3.94. The molecule has 1 heterocycles. The second-order valence-electron chi connectivity index (χ2n) is 7.04. The Balaban J connectivity index is 1.66. The van der Waals surface area contributed by atoms with Crippen LogP contribution in [0.2, 0.25) is 0 Å². The van der Waals surface area contributed by atoms with E-state index >= 15 is 0 Å². The minimum Gasteiger partial charge on any atom is -0.375 e. The van der Waals surface area contributed by atoms with Crippen LogP contribution < -0.4 is 5.32 Å². The Kier molecular flexibility index (Phi) is 6.85. The van der Waals surface area contributed by atoms with E-state index in [1.807, 2.05) is 6.92 Å². The van der Waals surface area contributed by atoms with Crippen LogP contribution in [0.25, 0.3) is 0 Å². The number of aromatic nitrogens is 1. The van der Waals surface area contributed by atoms with E-state index in [1.54, 1.807) is 18.4 Å². The molecular formula is C21H30N4OS. The number of fused-ring (bicyclic) bond motifs is 1. The van der Waals surface area contributed by atoms with Gasteiger partial charge in [0.05, 0.1) is 18.8 Å². The van der Waals surface area contributed by atoms with Gasteiger partial charge >= 0.3 is 0 Å². The van der Waals surface area contributed by atoms with Crippen molar-refractivity contribution < 1.29 is 4.74 Å². The summed E-state index contributed by atoms with van der Waals surface area (Å²) >= 11 is 1.65. The normalized spacial score (nSPS) is 14.9. The summed E-state index contributed by atoms with van der Waals surface area (Å²) in [4.78, 5) is 11.7. The maximum atomic E-state index is 5.36. The van der Waals surface area contributed by atoms with Crippen LogP contribution in [0.15, 0.2) is 28.6 Å². The molecule has 6 heteroatoms. The van der Waals surface area contributed by atoms with E-state index in [9.17, 15) is 0 Å². The van der Waals surface area contributed by atoms with Gasteiger partial charge in [-0.2, -0.15) is 0 Å². The van der Waals surface area contributed by atoms with Gasteiger partial charge < -0.3 is 15.0 Å². The average molecular weight is 387 g/mol. The molecule has 5 nitrogen and oxygen atoms in total. The Bertz CT molecular complexity index is 786. The van der Waals surface area contributed by atoms with Gasteiger partial charge in [-0.25, -0.2) is 9.98 Å². The number of hydrogen-bond acceptors (Lipinski definition) is 4. The van der Waals surface area contributed by atoms with Crippen LogP contribution in [-0.4, -0.2) is 36.5 Å². The molecule has 2 aromatic rings. The largest absolute Gasteiger partial charge is 0.375 e. The molecule has 0 bridgehead atoms. The molecule has 0 aliphatic heterocycles. The third-order valence-electron chi connectivity index (χ3n) is 4.94. The standard InChI is InChI=1S/C21H30N4OS/c1-5-22-21(23-12-16-9-10-17-7-6-8-18(17)11-16)25(3)13-19-14-27-20(24-19)15(2)26-4/h9-11,14-15H,5-8,12-13H2,1-4H3,(H,22,23). The second-order valence-corrected chi connectivity index (χ2v) is 7.93. The molecule has 146 valence electrons. The second kappa shape index (κ2) is 9.33. The first-order valence-corrected chi connectivity index (χ1v) is 10.6. The SMILES string of the molecule is CCNC(=NCc1ccc2c(c1)CCC2)N(C)Cc1csc(C(C)OC)n1. The quantitative estimate of drug-likeness (QED) is 0.578. The summed E-state index contributed by atoms with van der Waals surface area (Å²) in [7, 11) is 3.77. The highest BCUT2D eigenvalue weighted by molar-refractivity contribution is 7.09. The van der Waals surface area contributed by atoms with E-state index < -0.39 is 0 Å². The lowest BCUT2D eigenvalue weighted by atomic mass is 10.1. The summed E-state index contributed by atoms with van der Waals surface area (Å²) in [5.41, 5.74) is 5.34. The molecule has 0 saturated heterocycles. The van der Waals surface area contributed by atoms with E-state index in [-0.39, 0.29) is 6.10 Å². The van der Waals surface area contributed by atoms with Crippen LogP contribution in [0.5, 0.6) is 0 Å². The highest BCUT2D eigenvalue weighted by atomic mass is 32.1. The van der Waals surface area contributed by atoms with Gasteiger partial charge in [-0.05, 0) is 49.8 Å². The Morgan fingerprint density at radius 3 is 2.96 bits per heavy atom. The molecule has 1 atom stereocenters. The molecule has 1 aliphatic carbocycles. The molecule has 1 N–H and O–H groups in total. The zero-order chi connectivity index (χ0) is 19.2. The van der Waals surface area contributed by atoms with Crippen molar-refractivity contribution in [1.82, 2.24) is 15.2 Å². The Labute approximate surface area is 166 Å². The van der Waals surface area contributed by atoms with E-state index in [0.717, 1.165) is 29.8 Å². The molecule has 3 rings (SSSR count). The molecule has 1 unspecified atom stereocenters. The number of methoxy groups -OCH3 is 1. The van der Waals surface area contributed by atoms with Crippen molar-refractivity contribution in [3.63, 3.8) is 0 Å². The third-order valence-corrected chi connectivity index (χ3v) is 6.00. The summed E-state index contributed by atoms with van der Waals surface area (Å²) in [6.45, 7) is 6.39. The topological polar surface area (TPSA) is 49.8 Å². The van der Waals surface area contributed by atoms with Crippen LogP contribution in [0.4, 0.5) is 0 Å². The highest BCUT2D eigenvalue weighted by Gasteiger charge is 2.13. The maximum absolute atomic E-state index is 5.36. The number of guanidine groups is 1. The number of thiazole rings is 1. The Morgan fingerprint density at radius 2 is 2.19 bits per heavy atom. The Morgan fingerprint density at radius 1 is 1.37 bits per heavy atom. The van der Waals surface area contributed by atoms with Crippen molar-refractivity contribution in [3.05, 3.63) is 51.0 Å². The zero-order valence-corrected chi connectivity index (χ0v) is 17.6. The van der Waals surface area contributed by atoms with E-state index in [0.29, 0.717) is 6.54 Å². The minimum absolute atomic E-state index is 0.0377. The molecule has 27 heavy (non-hydrogen) atoms. The molecule has 0 radical (unpaired) electrons. The Hall–Kier alpha value is -1.92. The van der Waals surface area contributed by atoms with Crippen molar-refractivity contribution in [2.75, 3.05) is 20.7 Å². The number of hydrogen-bond donors (Lipinski definition) is 1. The number of nitrogens with one attached hydrogen (secondary N) is 1. The molecule has 0 saturated carbocycles. The van der Waals surface area contributed by atoms with Crippen molar-refractivity contribution in [1.29, 1.82) is 0 Å². The number of nitrogens with zero attached hydrogens (tertiary/aromatic N) is 3. The van der Waals surface area contributed by atoms with Crippen molar-refractivity contribution in [3.8, 4) is 0 Å². The average Bonchev–Trinajstić information content (AvgIpc) is 3.33. The molecule has 1 aromatic carbocycles. The van der Waals surface area contributed by atoms with Gasteiger partial charge in [0.15, 0.2) is 5.96 Å². The van der Waals surface area contributed by atoms with E-state index in [1.165, 1.54) is 36.0 Å². The van der Waals surface area contributed by atoms with Crippen LogP contribution in [0.1, 0.15) is 53.8 Å². The van der Waals surface area contributed by atoms with Gasteiger partial charge in [0.2, 0.25) is 0 Å². The maximum Gasteiger partial charge on any atom is 0.194 e. The number of aryl methyl sites for hydroxylation is 2. The summed E-state index contributed by atoms with van der Waals surface area (Å²) in [5.74, 6) is 0.910. The number of benzene rings is 1. The van der Waals surface area contributed by atoms with Gasteiger partial charge in [-0.3, -0.25) is 0 Å². The van der Waals surface area contributed by atoms with Crippen LogP contribution in [0.3, 0.4) is 0 Å². The van der Waals surface area contributed by atoms with Gasteiger partial charge in [0.25, 0.3) is 0 Å². The van der Waals surface area contributed by atoms with Gasteiger partial charge in [0, 0.05) is 26.1 Å². The minimum atomic E-state index is 0.0377. The third kappa shape index (κ3) is 5.08. The fourth-order valence-corrected chi connectivity index (χ4v) is 4.20. The summed E-state index contributed by atoms with van der Waals surface area (Å²) in [6.07, 6.45) is 3.75. The zero-order valence-electron chi connectivity index (χ0n) is 16.8. The van der Waals surface area contributed by atoms with Crippen molar-refractivity contribution in [2.24, 2.45) is 4.99 Å². The number of aliphatic imine (C=N–C) groups is 1. The smallest absolute Gasteiger partial charge is 0.194 e. The first-order chi connectivity index (χ1) is 13.1. The lowest BCUT2D eigenvalue weighted by Gasteiger charge is -2.21. The molecule has 0 amide bonds. The van der Waals surface area contributed by atoms with Crippen LogP contribution >= 0.6 is 11.3 Å². The summed E-state index contributed by atoms with van der Waals surface area (Å²) < 4.78 is 5.36. The van der Waals surface area contributed by atoms with E-state index in [4.69, 9.17) is 14.7 Å². The molecule has 1 aromatic heterocycles. The molecular weight excluding hydrogens is 356 g/mol.